The van der Waals surface area contributed by atoms with Crippen LogP contribution in [0.2, 0.25) is 0 Å². The molecule has 2 aromatic rings. The Hall–Kier alpha value is -1.69. The highest BCUT2D eigenvalue weighted by Gasteiger charge is 2.39. The van der Waals surface area contributed by atoms with Gasteiger partial charge in [-0.3, -0.25) is 4.90 Å². The van der Waals surface area contributed by atoms with Crippen LogP contribution in [0, 0.1) is 5.92 Å². The molecule has 2 saturated heterocycles. The highest BCUT2D eigenvalue weighted by atomic mass is 16.5. The van der Waals surface area contributed by atoms with E-state index in [2.05, 4.69) is 19.9 Å². The topological polar surface area (TPSA) is 56.1 Å². The van der Waals surface area contributed by atoms with E-state index in [1.54, 1.807) is 6.33 Å². The van der Waals surface area contributed by atoms with Crippen LogP contribution in [-0.2, 0) is 7.05 Å². The molecule has 0 aromatic carbocycles. The first-order chi connectivity index (χ1) is 8.81. The molecule has 2 bridgehead atoms. The number of rotatable bonds is 2. The van der Waals surface area contributed by atoms with Gasteiger partial charge >= 0.3 is 0 Å². The highest BCUT2D eigenvalue weighted by Crippen LogP contribution is 2.32. The quantitative estimate of drug-likeness (QED) is 0.768. The first-order valence-corrected chi connectivity index (χ1v) is 6.32. The Bertz CT molecular complexity index is 595. The van der Waals surface area contributed by atoms with Crippen LogP contribution in [0.1, 0.15) is 6.42 Å². The molecule has 0 N–H and O–H groups in total. The minimum Gasteiger partial charge on any atom is -0.471 e. The van der Waals surface area contributed by atoms with Gasteiger partial charge in [0.25, 0.3) is 0 Å². The van der Waals surface area contributed by atoms with Crippen LogP contribution in [-0.4, -0.2) is 50.2 Å². The van der Waals surface area contributed by atoms with E-state index < -0.39 is 0 Å². The number of aromatic nitrogens is 4. The maximum Gasteiger partial charge on any atom is 0.243 e. The van der Waals surface area contributed by atoms with Crippen molar-refractivity contribution in [2.45, 2.75) is 12.5 Å². The van der Waals surface area contributed by atoms with Crippen LogP contribution in [0.3, 0.4) is 0 Å². The fourth-order valence-corrected chi connectivity index (χ4v) is 3.05. The van der Waals surface area contributed by atoms with E-state index in [1.165, 1.54) is 25.8 Å². The lowest BCUT2D eigenvalue weighted by molar-refractivity contribution is 0.137. The van der Waals surface area contributed by atoms with Crippen molar-refractivity contribution in [3.8, 4) is 5.88 Å². The van der Waals surface area contributed by atoms with Crippen molar-refractivity contribution in [2.75, 3.05) is 19.6 Å². The summed E-state index contributed by atoms with van der Waals surface area (Å²) in [5.74, 6) is 1.32. The van der Waals surface area contributed by atoms with E-state index in [9.17, 15) is 0 Å². The van der Waals surface area contributed by atoms with Crippen molar-refractivity contribution in [1.29, 1.82) is 0 Å². The third-order valence-electron chi connectivity index (χ3n) is 4.01. The zero-order valence-electron chi connectivity index (χ0n) is 10.3. The molecule has 6 nitrogen and oxygen atoms in total. The van der Waals surface area contributed by atoms with Crippen LogP contribution in [0.4, 0.5) is 0 Å². The summed E-state index contributed by atoms with van der Waals surface area (Å²) in [6.45, 7) is 3.41. The minimum atomic E-state index is 0.270. The zero-order chi connectivity index (χ0) is 12.1. The highest BCUT2D eigenvalue weighted by molar-refractivity contribution is 5.75. The van der Waals surface area contributed by atoms with Gasteiger partial charge in [-0.2, -0.15) is 4.98 Å². The molecular weight excluding hydrogens is 230 g/mol. The van der Waals surface area contributed by atoms with Crippen LogP contribution < -0.4 is 4.74 Å². The van der Waals surface area contributed by atoms with Crippen molar-refractivity contribution < 1.29 is 4.74 Å². The molecule has 94 valence electrons. The number of hydrogen-bond donors (Lipinski definition) is 0. The Labute approximate surface area is 105 Å². The van der Waals surface area contributed by atoms with Gasteiger partial charge < -0.3 is 9.30 Å². The summed E-state index contributed by atoms with van der Waals surface area (Å²) < 4.78 is 8.02. The van der Waals surface area contributed by atoms with Gasteiger partial charge in [-0.1, -0.05) is 0 Å². The third kappa shape index (κ3) is 1.42. The molecule has 2 aromatic heterocycles. The number of piperidine rings is 1. The van der Waals surface area contributed by atoms with Crippen LogP contribution in [0.5, 0.6) is 5.88 Å². The molecule has 6 heteroatoms. The van der Waals surface area contributed by atoms with Gasteiger partial charge in [-0.25, -0.2) is 9.97 Å². The lowest BCUT2D eigenvalue weighted by Crippen LogP contribution is -2.32. The predicted molar refractivity (Wildman–Crippen MR) is 65.3 cm³/mol. The molecule has 0 radical (unpaired) electrons. The molecule has 3 atom stereocenters. The Morgan fingerprint density at radius 1 is 1.28 bits per heavy atom. The SMILES string of the molecule is Cn1cnc2ncnc(OC3CN4CCC3C4)c21. The lowest BCUT2D eigenvalue weighted by Gasteiger charge is -2.22. The van der Waals surface area contributed by atoms with E-state index in [0.717, 1.165) is 12.1 Å². The average molecular weight is 245 g/mol. The minimum absolute atomic E-state index is 0.270. The van der Waals surface area contributed by atoms with Crippen molar-refractivity contribution in [2.24, 2.45) is 13.0 Å². The molecule has 0 amide bonds. The summed E-state index contributed by atoms with van der Waals surface area (Å²) in [7, 11) is 1.94. The number of aryl methyl sites for hydroxylation is 1. The average Bonchev–Trinajstić information content (AvgIpc) is 3.06. The second-order valence-electron chi connectivity index (χ2n) is 5.17. The van der Waals surface area contributed by atoms with Crippen LogP contribution in [0.15, 0.2) is 12.7 Å². The van der Waals surface area contributed by atoms with Gasteiger partial charge in [-0.05, 0) is 13.0 Å². The normalized spacial score (nSPS) is 30.2. The zero-order valence-corrected chi connectivity index (χ0v) is 10.3. The predicted octanol–water partition coefficient (Wildman–Crippen LogP) is 0.446. The van der Waals surface area contributed by atoms with Gasteiger partial charge in [0.05, 0.1) is 6.33 Å². The summed E-state index contributed by atoms with van der Waals surface area (Å²) >= 11 is 0. The monoisotopic (exact) mass is 245 g/mol. The van der Waals surface area contributed by atoms with E-state index in [4.69, 9.17) is 4.74 Å². The Kier molecular flexibility index (Phi) is 2.08. The lowest BCUT2D eigenvalue weighted by atomic mass is 10.0. The van der Waals surface area contributed by atoms with Crippen molar-refractivity contribution >= 4 is 11.2 Å². The molecule has 2 aliphatic rings. The molecule has 18 heavy (non-hydrogen) atoms. The number of nitrogens with zero attached hydrogens (tertiary/aromatic N) is 5. The summed E-state index contributed by atoms with van der Waals surface area (Å²) in [4.78, 5) is 15.1. The van der Waals surface area contributed by atoms with Crippen LogP contribution in [0.25, 0.3) is 11.2 Å². The maximum atomic E-state index is 6.11. The molecule has 4 rings (SSSR count). The number of ether oxygens (including phenoxy) is 1. The van der Waals surface area contributed by atoms with Crippen molar-refractivity contribution in [3.63, 3.8) is 0 Å². The maximum absolute atomic E-state index is 6.11. The van der Waals surface area contributed by atoms with Crippen molar-refractivity contribution in [3.05, 3.63) is 12.7 Å². The Balaban J connectivity index is 1.68. The van der Waals surface area contributed by atoms with Gasteiger partial charge in [0, 0.05) is 26.1 Å². The van der Waals surface area contributed by atoms with Crippen LogP contribution >= 0.6 is 0 Å². The second-order valence-corrected chi connectivity index (χ2v) is 5.17. The molecule has 2 aliphatic heterocycles. The molecule has 0 aliphatic carbocycles. The van der Waals surface area contributed by atoms with Gasteiger partial charge in [-0.15, -0.1) is 0 Å². The summed E-state index contributed by atoms with van der Waals surface area (Å²) in [5.41, 5.74) is 1.58. The third-order valence-corrected chi connectivity index (χ3v) is 4.01. The molecule has 0 saturated carbocycles. The fraction of sp³-hybridized carbons (Fsp3) is 0.583. The summed E-state index contributed by atoms with van der Waals surface area (Å²) in [6.07, 6.45) is 4.78. The number of imidazole rings is 1. The molecule has 3 unspecified atom stereocenters. The summed E-state index contributed by atoms with van der Waals surface area (Å²) in [6, 6.07) is 0. The second kappa shape index (κ2) is 3.65. The van der Waals surface area contributed by atoms with E-state index in [1.807, 2.05) is 11.6 Å². The first-order valence-electron chi connectivity index (χ1n) is 6.32. The van der Waals surface area contributed by atoms with Gasteiger partial charge in [0.2, 0.25) is 5.88 Å². The van der Waals surface area contributed by atoms with E-state index >= 15 is 0 Å². The molecular formula is C12H15N5O. The largest absolute Gasteiger partial charge is 0.471 e. The van der Waals surface area contributed by atoms with Gasteiger partial charge in [0.15, 0.2) is 11.2 Å². The fourth-order valence-electron chi connectivity index (χ4n) is 3.05. The first kappa shape index (κ1) is 10.3. The number of fused-ring (bicyclic) bond motifs is 3. The van der Waals surface area contributed by atoms with Crippen molar-refractivity contribution in [1.82, 2.24) is 24.4 Å². The smallest absolute Gasteiger partial charge is 0.243 e. The number of hydrogen-bond acceptors (Lipinski definition) is 5. The van der Waals surface area contributed by atoms with E-state index in [-0.39, 0.29) is 6.10 Å². The molecule has 2 fully saturated rings. The van der Waals surface area contributed by atoms with Gasteiger partial charge in [0.1, 0.15) is 12.4 Å². The Morgan fingerprint density at radius 3 is 3.00 bits per heavy atom. The van der Waals surface area contributed by atoms with E-state index in [0.29, 0.717) is 17.4 Å². The molecule has 0 spiro atoms. The summed E-state index contributed by atoms with van der Waals surface area (Å²) in [5, 5.41) is 0. The molecule has 4 heterocycles. The standard InChI is InChI=1S/C12H15N5O/c1-16-7-15-11-10(16)12(14-6-13-11)18-9-5-17-3-2-8(9)4-17/h6-9H,2-5H2,1H3. The Morgan fingerprint density at radius 2 is 2.22 bits per heavy atom.